The van der Waals surface area contributed by atoms with Crippen LogP contribution < -0.4 is 5.32 Å². The van der Waals surface area contributed by atoms with E-state index in [0.717, 1.165) is 33.6 Å². The van der Waals surface area contributed by atoms with Gasteiger partial charge in [-0.2, -0.15) is 5.10 Å². The number of rotatable bonds is 4. The number of anilines is 1. The average molecular weight is 415 g/mol. The molecule has 2 amide bonds. The summed E-state index contributed by atoms with van der Waals surface area (Å²) in [5, 5.41) is 7.57. The lowest BCUT2D eigenvalue weighted by Crippen LogP contribution is -2.33. The van der Waals surface area contributed by atoms with Crippen molar-refractivity contribution in [1.29, 1.82) is 0 Å². The molecule has 0 spiro atoms. The second kappa shape index (κ2) is 8.22. The molecular formula is C25H26N4O2. The van der Waals surface area contributed by atoms with E-state index in [0.29, 0.717) is 5.82 Å². The number of nitrogens with zero attached hydrogens (tertiary/aromatic N) is 3. The molecule has 3 aromatic rings. The van der Waals surface area contributed by atoms with Crippen LogP contribution in [0.1, 0.15) is 47.3 Å². The summed E-state index contributed by atoms with van der Waals surface area (Å²) in [5.74, 6) is 0.341. The van der Waals surface area contributed by atoms with Gasteiger partial charge >= 0.3 is 0 Å². The number of aromatic nitrogens is 2. The highest BCUT2D eigenvalue weighted by atomic mass is 16.2. The minimum absolute atomic E-state index is 0.0975. The first kappa shape index (κ1) is 20.6. The third-order valence-electron chi connectivity index (χ3n) is 5.40. The van der Waals surface area contributed by atoms with Crippen LogP contribution in [-0.2, 0) is 9.59 Å². The smallest absolute Gasteiger partial charge is 0.227 e. The Hall–Kier alpha value is -3.67. The fourth-order valence-electron chi connectivity index (χ4n) is 4.14. The zero-order chi connectivity index (χ0) is 22.1. The van der Waals surface area contributed by atoms with Crippen molar-refractivity contribution >= 4 is 23.7 Å². The molecule has 2 heterocycles. The molecule has 0 fully saturated rings. The van der Waals surface area contributed by atoms with Crippen LogP contribution in [0, 0.1) is 20.8 Å². The summed E-state index contributed by atoms with van der Waals surface area (Å²) in [7, 11) is 0. The van der Waals surface area contributed by atoms with E-state index in [-0.39, 0.29) is 24.3 Å². The van der Waals surface area contributed by atoms with Gasteiger partial charge in [0, 0.05) is 19.2 Å². The summed E-state index contributed by atoms with van der Waals surface area (Å²) in [5.41, 5.74) is 5.96. The molecule has 2 aromatic carbocycles. The summed E-state index contributed by atoms with van der Waals surface area (Å²) in [6.07, 6.45) is 3.81. The number of carbonyl (C=O) groups excluding carboxylic acids is 2. The lowest BCUT2D eigenvalue weighted by molar-refractivity contribution is -0.129. The topological polar surface area (TPSA) is 67.2 Å². The average Bonchev–Trinajstić information content (AvgIpc) is 3.07. The lowest BCUT2D eigenvalue weighted by atomic mass is 9.93. The number of carbonyl (C=O) groups is 2. The molecule has 0 radical (unpaired) electrons. The molecule has 1 aromatic heterocycles. The molecular weight excluding hydrogens is 388 g/mol. The molecule has 0 bridgehead atoms. The molecule has 1 aliphatic heterocycles. The Morgan fingerprint density at radius 2 is 1.74 bits per heavy atom. The number of fused-ring (bicyclic) bond motifs is 1. The molecule has 1 N–H and O–H groups in total. The van der Waals surface area contributed by atoms with Crippen LogP contribution in [0.3, 0.4) is 0 Å². The van der Waals surface area contributed by atoms with Crippen LogP contribution in [0.25, 0.3) is 11.8 Å². The van der Waals surface area contributed by atoms with Crippen molar-refractivity contribution in [2.24, 2.45) is 0 Å². The first-order valence-corrected chi connectivity index (χ1v) is 10.3. The highest BCUT2D eigenvalue weighted by Gasteiger charge is 2.28. The van der Waals surface area contributed by atoms with E-state index in [1.165, 1.54) is 6.92 Å². The maximum atomic E-state index is 13.1. The predicted molar refractivity (Wildman–Crippen MR) is 122 cm³/mol. The van der Waals surface area contributed by atoms with E-state index >= 15 is 0 Å². The van der Waals surface area contributed by atoms with Gasteiger partial charge in [0.15, 0.2) is 0 Å². The number of aryl methyl sites for hydroxylation is 3. The summed E-state index contributed by atoms with van der Waals surface area (Å²) < 4.78 is 1.75. The van der Waals surface area contributed by atoms with Gasteiger partial charge in [0.2, 0.25) is 11.8 Å². The maximum Gasteiger partial charge on any atom is 0.227 e. The van der Waals surface area contributed by atoms with Gasteiger partial charge in [-0.05, 0) is 61.2 Å². The zero-order valence-electron chi connectivity index (χ0n) is 18.2. The number of hydrogen-bond donors (Lipinski definition) is 1. The lowest BCUT2D eigenvalue weighted by Gasteiger charge is -2.32. The van der Waals surface area contributed by atoms with Gasteiger partial charge in [0.05, 0.1) is 23.8 Å². The second-order valence-electron chi connectivity index (χ2n) is 8.07. The first-order chi connectivity index (χ1) is 14.8. The molecule has 0 saturated heterocycles. The molecule has 6 heteroatoms. The van der Waals surface area contributed by atoms with Gasteiger partial charge in [0.1, 0.15) is 5.82 Å². The Kier molecular flexibility index (Phi) is 5.46. The summed E-state index contributed by atoms with van der Waals surface area (Å²) in [6.45, 7) is 7.49. The normalized spacial score (nSPS) is 15.0. The molecule has 158 valence electrons. The van der Waals surface area contributed by atoms with Gasteiger partial charge in [-0.1, -0.05) is 30.3 Å². The predicted octanol–water partition coefficient (Wildman–Crippen LogP) is 4.70. The van der Waals surface area contributed by atoms with Crippen LogP contribution >= 0.6 is 0 Å². The molecule has 1 atom stereocenters. The maximum absolute atomic E-state index is 13.1. The van der Waals surface area contributed by atoms with E-state index in [1.807, 2.05) is 69.3 Å². The van der Waals surface area contributed by atoms with Gasteiger partial charge in [0.25, 0.3) is 0 Å². The number of nitrogens with one attached hydrogen (secondary N) is 1. The minimum atomic E-state index is -0.350. The largest absolute Gasteiger partial charge is 0.311 e. The van der Waals surface area contributed by atoms with Gasteiger partial charge < -0.3 is 10.2 Å². The Labute approximate surface area is 182 Å². The van der Waals surface area contributed by atoms with Crippen molar-refractivity contribution in [3.8, 4) is 5.69 Å². The SMILES string of the molecule is CC(=O)N1C=Cc2ccccc2C1CC(=O)Nc1cc(C)nn1-c1cc(C)cc(C)c1. The van der Waals surface area contributed by atoms with Crippen molar-refractivity contribution in [3.05, 3.63) is 82.7 Å². The Balaban J connectivity index is 1.61. The van der Waals surface area contributed by atoms with Crippen molar-refractivity contribution in [2.75, 3.05) is 5.32 Å². The quantitative estimate of drug-likeness (QED) is 0.673. The molecule has 4 rings (SSSR count). The molecule has 31 heavy (non-hydrogen) atoms. The number of amides is 2. The van der Waals surface area contributed by atoms with Gasteiger partial charge in [-0.15, -0.1) is 0 Å². The van der Waals surface area contributed by atoms with E-state index in [1.54, 1.807) is 15.8 Å². The van der Waals surface area contributed by atoms with Gasteiger partial charge in [-0.3, -0.25) is 9.59 Å². The van der Waals surface area contributed by atoms with E-state index in [4.69, 9.17) is 0 Å². The Bertz CT molecular complexity index is 1170. The fraction of sp³-hybridized carbons (Fsp3) is 0.240. The van der Waals surface area contributed by atoms with Crippen molar-refractivity contribution in [1.82, 2.24) is 14.7 Å². The van der Waals surface area contributed by atoms with E-state index in [2.05, 4.69) is 16.5 Å². The summed E-state index contributed by atoms with van der Waals surface area (Å²) in [6, 6.07) is 15.5. The van der Waals surface area contributed by atoms with Crippen molar-refractivity contribution in [2.45, 2.75) is 40.2 Å². The van der Waals surface area contributed by atoms with Crippen LogP contribution in [0.2, 0.25) is 0 Å². The minimum Gasteiger partial charge on any atom is -0.311 e. The zero-order valence-corrected chi connectivity index (χ0v) is 18.2. The van der Waals surface area contributed by atoms with Crippen LogP contribution in [-0.4, -0.2) is 26.5 Å². The standard InChI is InChI=1S/C25H26N4O2/c1-16-11-17(2)13-21(12-16)29-24(14-18(3)27-29)26-25(31)15-23-22-8-6-5-7-20(22)9-10-28(23)19(4)30/h5-14,23H,15H2,1-4H3,(H,26,31). The van der Waals surface area contributed by atoms with Crippen molar-refractivity contribution in [3.63, 3.8) is 0 Å². The first-order valence-electron chi connectivity index (χ1n) is 10.3. The highest BCUT2D eigenvalue weighted by molar-refractivity contribution is 5.91. The monoisotopic (exact) mass is 414 g/mol. The summed E-state index contributed by atoms with van der Waals surface area (Å²) in [4.78, 5) is 26.9. The van der Waals surface area contributed by atoms with E-state index in [9.17, 15) is 9.59 Å². The Morgan fingerprint density at radius 1 is 1.03 bits per heavy atom. The van der Waals surface area contributed by atoms with Crippen molar-refractivity contribution < 1.29 is 9.59 Å². The van der Waals surface area contributed by atoms with E-state index < -0.39 is 0 Å². The second-order valence-corrected chi connectivity index (χ2v) is 8.07. The number of benzene rings is 2. The Morgan fingerprint density at radius 3 is 2.45 bits per heavy atom. The summed E-state index contributed by atoms with van der Waals surface area (Å²) >= 11 is 0. The highest BCUT2D eigenvalue weighted by Crippen LogP contribution is 2.33. The molecule has 6 nitrogen and oxygen atoms in total. The number of hydrogen-bond acceptors (Lipinski definition) is 3. The molecule has 1 unspecified atom stereocenters. The van der Waals surface area contributed by atoms with Gasteiger partial charge in [-0.25, -0.2) is 4.68 Å². The van der Waals surface area contributed by atoms with Crippen LogP contribution in [0.4, 0.5) is 5.82 Å². The van der Waals surface area contributed by atoms with Crippen LogP contribution in [0.5, 0.6) is 0 Å². The molecule has 0 saturated carbocycles. The fourth-order valence-corrected chi connectivity index (χ4v) is 4.14. The third kappa shape index (κ3) is 4.28. The molecule has 0 aliphatic carbocycles. The third-order valence-corrected chi connectivity index (χ3v) is 5.40. The molecule has 1 aliphatic rings. The van der Waals surface area contributed by atoms with Crippen LogP contribution in [0.15, 0.2) is 54.7 Å².